The van der Waals surface area contributed by atoms with Gasteiger partial charge in [-0.25, -0.2) is 12.7 Å². The van der Waals surface area contributed by atoms with Crippen LogP contribution in [0.15, 0.2) is 12.1 Å². The zero-order valence-corrected chi connectivity index (χ0v) is 11.6. The van der Waals surface area contributed by atoms with Gasteiger partial charge >= 0.3 is 0 Å². The van der Waals surface area contributed by atoms with Gasteiger partial charge in [0, 0.05) is 35.9 Å². The largest absolute Gasteiger partial charge is 0.311 e. The molecule has 1 fully saturated rings. The lowest BCUT2D eigenvalue weighted by molar-refractivity contribution is 0.434. The topological polar surface area (TPSA) is 49.4 Å². The SMILES string of the molecule is Cc1ccc(CNCCN2CCCS2(=O)=O)s1. The molecule has 0 saturated carbocycles. The molecule has 0 atom stereocenters. The van der Waals surface area contributed by atoms with Gasteiger partial charge in [-0.1, -0.05) is 0 Å². The van der Waals surface area contributed by atoms with Crippen LogP contribution >= 0.6 is 11.3 Å². The highest BCUT2D eigenvalue weighted by Crippen LogP contribution is 2.14. The van der Waals surface area contributed by atoms with Crippen LogP contribution in [0.4, 0.5) is 0 Å². The molecule has 96 valence electrons. The molecule has 2 heterocycles. The van der Waals surface area contributed by atoms with Gasteiger partial charge in [-0.2, -0.15) is 0 Å². The first-order valence-electron chi connectivity index (χ1n) is 5.82. The fraction of sp³-hybridized carbons (Fsp3) is 0.636. The molecule has 1 N–H and O–H groups in total. The van der Waals surface area contributed by atoms with Crippen molar-refractivity contribution in [1.82, 2.24) is 9.62 Å². The molecule has 4 nitrogen and oxygen atoms in total. The van der Waals surface area contributed by atoms with Crippen molar-refractivity contribution in [3.05, 3.63) is 21.9 Å². The molecular weight excluding hydrogens is 256 g/mol. The van der Waals surface area contributed by atoms with E-state index in [1.807, 2.05) is 0 Å². The number of nitrogens with one attached hydrogen (secondary N) is 1. The van der Waals surface area contributed by atoms with Crippen molar-refractivity contribution in [2.75, 3.05) is 25.4 Å². The van der Waals surface area contributed by atoms with E-state index in [4.69, 9.17) is 0 Å². The maximum atomic E-state index is 11.5. The van der Waals surface area contributed by atoms with Crippen molar-refractivity contribution >= 4 is 21.4 Å². The highest BCUT2D eigenvalue weighted by molar-refractivity contribution is 7.89. The number of sulfonamides is 1. The van der Waals surface area contributed by atoms with E-state index in [1.54, 1.807) is 15.6 Å². The van der Waals surface area contributed by atoms with E-state index in [0.717, 1.165) is 19.5 Å². The fourth-order valence-electron chi connectivity index (χ4n) is 1.94. The van der Waals surface area contributed by atoms with Crippen LogP contribution in [-0.4, -0.2) is 38.1 Å². The Labute approximate surface area is 107 Å². The summed E-state index contributed by atoms with van der Waals surface area (Å²) in [5, 5.41) is 3.28. The van der Waals surface area contributed by atoms with Crippen molar-refractivity contribution in [2.45, 2.75) is 19.9 Å². The van der Waals surface area contributed by atoms with Gasteiger partial charge in [0.25, 0.3) is 0 Å². The minimum atomic E-state index is -2.93. The normalized spacial score (nSPS) is 19.8. The van der Waals surface area contributed by atoms with Crippen LogP contribution in [-0.2, 0) is 16.6 Å². The molecule has 6 heteroatoms. The van der Waals surface area contributed by atoms with Crippen molar-refractivity contribution in [3.63, 3.8) is 0 Å². The quantitative estimate of drug-likeness (QED) is 0.820. The number of rotatable bonds is 5. The lowest BCUT2D eigenvalue weighted by atomic mass is 10.4. The fourth-order valence-corrected chi connectivity index (χ4v) is 4.33. The average molecular weight is 274 g/mol. The molecule has 1 aromatic rings. The van der Waals surface area contributed by atoms with Gasteiger partial charge in [-0.3, -0.25) is 0 Å². The highest BCUT2D eigenvalue weighted by atomic mass is 32.2. The van der Waals surface area contributed by atoms with Crippen LogP contribution in [0.2, 0.25) is 0 Å². The van der Waals surface area contributed by atoms with Gasteiger partial charge in [0.1, 0.15) is 0 Å². The van der Waals surface area contributed by atoms with E-state index in [1.165, 1.54) is 9.75 Å². The van der Waals surface area contributed by atoms with Gasteiger partial charge in [-0.15, -0.1) is 11.3 Å². The number of thiophene rings is 1. The second-order valence-electron chi connectivity index (χ2n) is 4.26. The number of hydrogen-bond acceptors (Lipinski definition) is 4. The molecule has 1 aliphatic rings. The van der Waals surface area contributed by atoms with Crippen LogP contribution in [0, 0.1) is 6.92 Å². The van der Waals surface area contributed by atoms with Gasteiger partial charge in [-0.05, 0) is 25.5 Å². The van der Waals surface area contributed by atoms with Crippen LogP contribution in [0.5, 0.6) is 0 Å². The summed E-state index contributed by atoms with van der Waals surface area (Å²) in [6.07, 6.45) is 0.770. The van der Waals surface area contributed by atoms with Crippen LogP contribution in [0.3, 0.4) is 0 Å². The van der Waals surface area contributed by atoms with Gasteiger partial charge in [0.05, 0.1) is 5.75 Å². The Bertz CT molecular complexity index is 468. The molecule has 1 aliphatic heterocycles. The molecule has 0 unspecified atom stereocenters. The summed E-state index contributed by atoms with van der Waals surface area (Å²) >= 11 is 1.78. The molecule has 0 aliphatic carbocycles. The third-order valence-electron chi connectivity index (χ3n) is 2.84. The lowest BCUT2D eigenvalue weighted by Crippen LogP contribution is -2.33. The molecular formula is C11H18N2O2S2. The summed E-state index contributed by atoms with van der Waals surface area (Å²) < 4.78 is 24.6. The van der Waals surface area contributed by atoms with E-state index >= 15 is 0 Å². The van der Waals surface area contributed by atoms with Crippen molar-refractivity contribution in [1.29, 1.82) is 0 Å². The summed E-state index contributed by atoms with van der Waals surface area (Å²) in [5.41, 5.74) is 0. The number of nitrogens with zero attached hydrogens (tertiary/aromatic N) is 1. The summed E-state index contributed by atoms with van der Waals surface area (Å²) in [7, 11) is -2.93. The molecule has 1 aromatic heterocycles. The van der Waals surface area contributed by atoms with E-state index in [2.05, 4.69) is 24.4 Å². The second-order valence-corrected chi connectivity index (χ2v) is 7.72. The number of aryl methyl sites for hydroxylation is 1. The predicted molar refractivity (Wildman–Crippen MR) is 70.7 cm³/mol. The second kappa shape index (κ2) is 5.48. The van der Waals surface area contributed by atoms with E-state index in [-0.39, 0.29) is 0 Å². The summed E-state index contributed by atoms with van der Waals surface area (Å²) in [6, 6.07) is 4.21. The van der Waals surface area contributed by atoms with Crippen molar-refractivity contribution in [3.8, 4) is 0 Å². The summed E-state index contributed by atoms with van der Waals surface area (Å²) in [4.78, 5) is 2.61. The Morgan fingerprint density at radius 3 is 2.88 bits per heavy atom. The maximum Gasteiger partial charge on any atom is 0.214 e. The van der Waals surface area contributed by atoms with Crippen LogP contribution in [0.25, 0.3) is 0 Å². The number of hydrogen-bond donors (Lipinski definition) is 1. The Morgan fingerprint density at radius 2 is 2.29 bits per heavy atom. The highest BCUT2D eigenvalue weighted by Gasteiger charge is 2.27. The Hall–Kier alpha value is -0.430. The van der Waals surface area contributed by atoms with Gasteiger partial charge in [0.2, 0.25) is 10.0 Å². The zero-order valence-electron chi connectivity index (χ0n) is 9.98. The molecule has 1 saturated heterocycles. The van der Waals surface area contributed by atoms with E-state index in [9.17, 15) is 8.42 Å². The monoisotopic (exact) mass is 274 g/mol. The maximum absolute atomic E-state index is 11.5. The molecule has 0 radical (unpaired) electrons. The third kappa shape index (κ3) is 3.51. The first kappa shape index (κ1) is 13.0. The third-order valence-corrected chi connectivity index (χ3v) is 5.79. The van der Waals surface area contributed by atoms with E-state index < -0.39 is 10.0 Å². The molecule has 0 spiro atoms. The Kier molecular flexibility index (Phi) is 4.19. The molecule has 17 heavy (non-hydrogen) atoms. The van der Waals surface area contributed by atoms with Crippen molar-refractivity contribution in [2.24, 2.45) is 0 Å². The van der Waals surface area contributed by atoms with Crippen molar-refractivity contribution < 1.29 is 8.42 Å². The minimum absolute atomic E-state index is 0.317. The standard InChI is InChI=1S/C11H18N2O2S2/c1-10-3-4-11(16-10)9-12-5-7-13-6-2-8-17(13,14)15/h3-4,12H,2,5-9H2,1H3. The zero-order chi connectivity index (χ0) is 12.3. The Balaban J connectivity index is 1.70. The first-order chi connectivity index (χ1) is 8.08. The molecule has 2 rings (SSSR count). The summed E-state index contributed by atoms with van der Waals surface area (Å²) in [6.45, 7) is 4.91. The average Bonchev–Trinajstić information content (AvgIpc) is 2.80. The first-order valence-corrected chi connectivity index (χ1v) is 8.24. The Morgan fingerprint density at radius 1 is 1.47 bits per heavy atom. The van der Waals surface area contributed by atoms with Crippen LogP contribution < -0.4 is 5.32 Å². The van der Waals surface area contributed by atoms with E-state index in [0.29, 0.717) is 18.8 Å². The molecule has 0 aromatic carbocycles. The smallest absolute Gasteiger partial charge is 0.214 e. The molecule has 0 bridgehead atoms. The molecule has 0 amide bonds. The van der Waals surface area contributed by atoms with Gasteiger partial charge < -0.3 is 5.32 Å². The lowest BCUT2D eigenvalue weighted by Gasteiger charge is -2.14. The summed E-state index contributed by atoms with van der Waals surface area (Å²) in [5.74, 6) is 0.317. The predicted octanol–water partition coefficient (Wildman–Crippen LogP) is 1.18. The van der Waals surface area contributed by atoms with Gasteiger partial charge in [0.15, 0.2) is 0 Å². The minimum Gasteiger partial charge on any atom is -0.311 e. The van der Waals surface area contributed by atoms with Crippen LogP contribution in [0.1, 0.15) is 16.2 Å².